The van der Waals surface area contributed by atoms with Crippen LogP contribution in [0.5, 0.6) is 5.75 Å². The van der Waals surface area contributed by atoms with Gasteiger partial charge in [0.2, 0.25) is 0 Å². The molecule has 4 rings (SSSR count). The van der Waals surface area contributed by atoms with Crippen molar-refractivity contribution in [2.75, 3.05) is 6.61 Å². The summed E-state index contributed by atoms with van der Waals surface area (Å²) in [6.07, 6.45) is 8.54. The number of carbonyl (C=O) groups excluding carboxylic acids is 2. The first-order valence-corrected chi connectivity index (χ1v) is 18.3. The van der Waals surface area contributed by atoms with Gasteiger partial charge in [-0.15, -0.1) is 0 Å². The highest BCUT2D eigenvalue weighted by atomic mass is 16.6. The second-order valence-electron chi connectivity index (χ2n) is 13.6. The molecule has 0 aliphatic rings. The predicted molar refractivity (Wildman–Crippen MR) is 200 cm³/mol. The Balaban J connectivity index is 1.85. The van der Waals surface area contributed by atoms with Crippen molar-refractivity contribution in [3.8, 4) is 16.9 Å². The first-order valence-electron chi connectivity index (χ1n) is 18.3. The maximum Gasteiger partial charge on any atom is 0.345 e. The summed E-state index contributed by atoms with van der Waals surface area (Å²) in [6, 6.07) is 30.1. The van der Waals surface area contributed by atoms with E-state index in [2.05, 4.69) is 57.2 Å². The van der Waals surface area contributed by atoms with Gasteiger partial charge in [0.05, 0.1) is 12.5 Å². The number of rotatable bonds is 19. The van der Waals surface area contributed by atoms with Gasteiger partial charge in [-0.1, -0.05) is 157 Å². The third-order valence-electron chi connectivity index (χ3n) is 9.50. The van der Waals surface area contributed by atoms with Crippen molar-refractivity contribution >= 4 is 11.9 Å². The molecule has 2 unspecified atom stereocenters. The summed E-state index contributed by atoms with van der Waals surface area (Å²) in [5.74, 6) is -2.72. The Morgan fingerprint density at radius 2 is 1.26 bits per heavy atom. The summed E-state index contributed by atoms with van der Waals surface area (Å²) in [4.78, 5) is 26.5. The van der Waals surface area contributed by atoms with Crippen LogP contribution < -0.4 is 0 Å². The van der Waals surface area contributed by atoms with Gasteiger partial charge in [0, 0.05) is 5.56 Å². The summed E-state index contributed by atoms with van der Waals surface area (Å²) in [6.45, 7) is 5.61. The van der Waals surface area contributed by atoms with Crippen LogP contribution in [0.2, 0.25) is 0 Å². The van der Waals surface area contributed by atoms with Gasteiger partial charge >= 0.3 is 11.9 Å². The van der Waals surface area contributed by atoms with Crippen molar-refractivity contribution in [3.63, 3.8) is 0 Å². The summed E-state index contributed by atoms with van der Waals surface area (Å²) in [5, 5.41) is 31.1. The number of aromatic hydroxyl groups is 1. The van der Waals surface area contributed by atoms with Gasteiger partial charge in [0.1, 0.15) is 5.75 Å². The maximum absolute atomic E-state index is 13.9. The molecule has 4 aromatic carbocycles. The monoisotopic (exact) mass is 678 g/mol. The Bertz CT molecular complexity index is 1650. The average Bonchev–Trinajstić information content (AvgIpc) is 3.12. The lowest BCUT2D eigenvalue weighted by atomic mass is 9.78. The maximum atomic E-state index is 13.9. The molecule has 266 valence electrons. The van der Waals surface area contributed by atoms with Gasteiger partial charge in [-0.25, -0.2) is 4.79 Å². The second-order valence-corrected chi connectivity index (χ2v) is 13.6. The molecule has 0 amide bonds. The number of aliphatic hydroxyl groups is 2. The highest BCUT2D eigenvalue weighted by molar-refractivity contribution is 5.93. The molecule has 2 atom stereocenters. The molecule has 0 spiro atoms. The smallest absolute Gasteiger partial charge is 0.345 e. The van der Waals surface area contributed by atoms with Gasteiger partial charge in [-0.3, -0.25) is 4.79 Å². The molecule has 0 saturated carbocycles. The van der Waals surface area contributed by atoms with E-state index in [-0.39, 0.29) is 11.7 Å². The molecule has 0 aliphatic carbocycles. The zero-order chi connectivity index (χ0) is 35.9. The molecule has 4 aromatic rings. The molecule has 50 heavy (non-hydrogen) atoms. The quantitative estimate of drug-likeness (QED) is 0.0519. The van der Waals surface area contributed by atoms with Crippen LogP contribution in [0.25, 0.3) is 11.1 Å². The van der Waals surface area contributed by atoms with Crippen LogP contribution in [0.15, 0.2) is 91.0 Å². The molecule has 0 radical (unpaired) electrons. The van der Waals surface area contributed by atoms with Crippen molar-refractivity contribution in [3.05, 3.63) is 124 Å². The number of hydrogen-bond acceptors (Lipinski definition) is 6. The SMILES string of the molecule is CCCCCCCCCCC(C(=O)OC(=O)C(O)CO)c1cccc(O)c1-c1c(C(C)C)ccc(Cc2ccccc2)c1Cc1ccccc1. The number of benzene rings is 4. The first kappa shape index (κ1) is 38.5. The number of phenolic OH excluding ortho intramolecular Hbond substituents is 1. The van der Waals surface area contributed by atoms with Crippen LogP contribution >= 0.6 is 0 Å². The second kappa shape index (κ2) is 19.8. The van der Waals surface area contributed by atoms with E-state index in [0.717, 1.165) is 53.5 Å². The molecular formula is C44H54O6. The van der Waals surface area contributed by atoms with Gasteiger partial charge in [0.15, 0.2) is 6.10 Å². The van der Waals surface area contributed by atoms with E-state index in [1.54, 1.807) is 12.1 Å². The minimum atomic E-state index is -1.81. The predicted octanol–water partition coefficient (Wildman–Crippen LogP) is 9.40. The van der Waals surface area contributed by atoms with E-state index in [4.69, 9.17) is 4.74 Å². The normalized spacial score (nSPS) is 12.5. The molecule has 0 aromatic heterocycles. The van der Waals surface area contributed by atoms with Crippen LogP contribution in [0.1, 0.15) is 124 Å². The van der Waals surface area contributed by atoms with E-state index < -0.39 is 30.6 Å². The summed E-state index contributed by atoms with van der Waals surface area (Å²) in [7, 11) is 0. The number of carbonyl (C=O) groups is 2. The van der Waals surface area contributed by atoms with Gasteiger partial charge in [-0.05, 0) is 70.2 Å². The minimum Gasteiger partial charge on any atom is -0.507 e. The third kappa shape index (κ3) is 10.6. The lowest BCUT2D eigenvalue weighted by molar-refractivity contribution is -0.168. The Kier molecular flexibility index (Phi) is 15.3. The molecule has 6 heteroatoms. The largest absolute Gasteiger partial charge is 0.507 e. The number of unbranched alkanes of at least 4 members (excludes halogenated alkanes) is 7. The van der Waals surface area contributed by atoms with Gasteiger partial charge in [-0.2, -0.15) is 0 Å². The van der Waals surface area contributed by atoms with Gasteiger partial charge < -0.3 is 20.1 Å². The Labute approximate surface area is 298 Å². The van der Waals surface area contributed by atoms with Crippen molar-refractivity contribution in [2.45, 2.75) is 109 Å². The van der Waals surface area contributed by atoms with Crippen molar-refractivity contribution in [2.24, 2.45) is 0 Å². The highest BCUT2D eigenvalue weighted by Crippen LogP contribution is 2.45. The minimum absolute atomic E-state index is 0.0472. The Morgan fingerprint density at radius 3 is 1.86 bits per heavy atom. The topological polar surface area (TPSA) is 104 Å². The van der Waals surface area contributed by atoms with Crippen molar-refractivity contribution < 1.29 is 29.6 Å². The molecule has 0 bridgehead atoms. The van der Waals surface area contributed by atoms with Crippen LogP contribution in [0, 0.1) is 0 Å². The Morgan fingerprint density at radius 1 is 0.660 bits per heavy atom. The number of ether oxygens (including phenoxy) is 1. The highest BCUT2D eigenvalue weighted by Gasteiger charge is 2.32. The first-order chi connectivity index (χ1) is 24.2. The van der Waals surface area contributed by atoms with E-state index in [1.165, 1.54) is 31.2 Å². The van der Waals surface area contributed by atoms with E-state index in [0.29, 0.717) is 30.4 Å². The summed E-state index contributed by atoms with van der Waals surface area (Å²) >= 11 is 0. The van der Waals surface area contributed by atoms with Crippen LogP contribution in [0.3, 0.4) is 0 Å². The fourth-order valence-electron chi connectivity index (χ4n) is 6.78. The average molecular weight is 679 g/mol. The van der Waals surface area contributed by atoms with E-state index in [9.17, 15) is 24.9 Å². The summed E-state index contributed by atoms with van der Waals surface area (Å²) < 4.78 is 5.21. The molecule has 6 nitrogen and oxygen atoms in total. The molecule has 0 aliphatic heterocycles. The lowest BCUT2D eigenvalue weighted by Gasteiger charge is -2.26. The standard InChI is InChI=1S/C44H54O6/c1-4-5-6-7-8-9-10-17-23-37(43(48)50-44(49)40(47)30-45)36-24-18-25-39(46)42(36)41-35(31(2)3)27-26-34(28-32-19-13-11-14-20-32)38(41)29-33-21-15-12-16-22-33/h11-16,18-22,24-27,31,37,40,45-47H,4-10,17,23,28-30H2,1-3H3. The zero-order valence-electron chi connectivity index (χ0n) is 29.9. The van der Waals surface area contributed by atoms with E-state index >= 15 is 0 Å². The fraction of sp³-hybridized carbons (Fsp3) is 0.409. The fourth-order valence-corrected chi connectivity index (χ4v) is 6.78. The number of aliphatic hydroxyl groups excluding tert-OH is 2. The van der Waals surface area contributed by atoms with Crippen molar-refractivity contribution in [1.29, 1.82) is 0 Å². The van der Waals surface area contributed by atoms with Crippen LogP contribution in [0.4, 0.5) is 0 Å². The molecule has 0 saturated heterocycles. The van der Waals surface area contributed by atoms with Crippen LogP contribution in [-0.2, 0) is 27.2 Å². The molecular weight excluding hydrogens is 624 g/mol. The number of esters is 2. The molecule has 0 fully saturated rings. The number of phenols is 1. The third-order valence-corrected chi connectivity index (χ3v) is 9.50. The zero-order valence-corrected chi connectivity index (χ0v) is 29.9. The molecule has 0 heterocycles. The summed E-state index contributed by atoms with van der Waals surface area (Å²) in [5.41, 5.74) is 7.56. The van der Waals surface area contributed by atoms with Crippen LogP contribution in [-0.4, -0.2) is 40.0 Å². The van der Waals surface area contributed by atoms with Crippen molar-refractivity contribution in [1.82, 2.24) is 0 Å². The number of hydrogen-bond donors (Lipinski definition) is 3. The Hall–Kier alpha value is -4.26. The van der Waals surface area contributed by atoms with Gasteiger partial charge in [0.25, 0.3) is 0 Å². The van der Waals surface area contributed by atoms with E-state index in [1.807, 2.05) is 42.5 Å². The molecule has 3 N–H and O–H groups in total. The lowest BCUT2D eigenvalue weighted by Crippen LogP contribution is -2.31.